The molecule has 1 aromatic carbocycles. The molecule has 4 nitrogen and oxygen atoms in total. The predicted molar refractivity (Wildman–Crippen MR) is 71.2 cm³/mol. The maximum absolute atomic E-state index is 11.6. The Morgan fingerprint density at radius 2 is 1.89 bits per heavy atom. The van der Waals surface area contributed by atoms with Crippen LogP contribution < -0.4 is 5.73 Å². The standard InChI is InChI=1S/C14H20N2O2/c15-13-5-3-12(4-6-13)11-14(17)18-10-9-16-7-1-2-8-16/h3-6H,1-2,7-11,15H2. The first-order valence-electron chi connectivity index (χ1n) is 6.46. The molecule has 0 aliphatic carbocycles. The number of anilines is 1. The van der Waals surface area contributed by atoms with Gasteiger partial charge in [-0.05, 0) is 43.6 Å². The summed E-state index contributed by atoms with van der Waals surface area (Å²) in [7, 11) is 0. The molecule has 0 atom stereocenters. The van der Waals surface area contributed by atoms with Crippen molar-refractivity contribution in [3.05, 3.63) is 29.8 Å². The van der Waals surface area contributed by atoms with Gasteiger partial charge >= 0.3 is 5.97 Å². The van der Waals surface area contributed by atoms with E-state index in [1.165, 1.54) is 12.8 Å². The van der Waals surface area contributed by atoms with Gasteiger partial charge in [-0.2, -0.15) is 0 Å². The summed E-state index contributed by atoms with van der Waals surface area (Å²) >= 11 is 0. The van der Waals surface area contributed by atoms with Crippen molar-refractivity contribution in [2.24, 2.45) is 0 Å². The number of hydrogen-bond donors (Lipinski definition) is 1. The maximum Gasteiger partial charge on any atom is 0.310 e. The van der Waals surface area contributed by atoms with Crippen LogP contribution in [0.5, 0.6) is 0 Å². The molecule has 1 fully saturated rings. The molecular formula is C14H20N2O2. The van der Waals surface area contributed by atoms with Crippen LogP contribution in [0, 0.1) is 0 Å². The van der Waals surface area contributed by atoms with Gasteiger partial charge in [0.25, 0.3) is 0 Å². The molecule has 1 aliphatic rings. The number of carbonyl (C=O) groups excluding carboxylic acids is 1. The van der Waals surface area contributed by atoms with Crippen molar-refractivity contribution in [2.75, 3.05) is 32.0 Å². The number of hydrogen-bond acceptors (Lipinski definition) is 4. The van der Waals surface area contributed by atoms with Gasteiger partial charge in [-0.15, -0.1) is 0 Å². The zero-order valence-corrected chi connectivity index (χ0v) is 10.6. The molecule has 2 N–H and O–H groups in total. The molecule has 0 unspecified atom stereocenters. The number of nitrogens with two attached hydrogens (primary N) is 1. The smallest absolute Gasteiger partial charge is 0.310 e. The number of nitrogen functional groups attached to an aromatic ring is 1. The normalized spacial score (nSPS) is 15.8. The fourth-order valence-corrected chi connectivity index (χ4v) is 2.15. The average Bonchev–Trinajstić information content (AvgIpc) is 2.85. The Morgan fingerprint density at radius 3 is 2.56 bits per heavy atom. The van der Waals surface area contributed by atoms with E-state index in [1.807, 2.05) is 12.1 Å². The number of ether oxygens (including phenoxy) is 1. The SMILES string of the molecule is Nc1ccc(CC(=O)OCCN2CCCC2)cc1. The highest BCUT2D eigenvalue weighted by atomic mass is 16.5. The lowest BCUT2D eigenvalue weighted by atomic mass is 10.1. The third-order valence-corrected chi connectivity index (χ3v) is 3.20. The van der Waals surface area contributed by atoms with Crippen LogP contribution in [-0.4, -0.2) is 37.1 Å². The highest BCUT2D eigenvalue weighted by molar-refractivity contribution is 5.72. The first kappa shape index (κ1) is 12.9. The quantitative estimate of drug-likeness (QED) is 0.633. The Hall–Kier alpha value is -1.55. The van der Waals surface area contributed by atoms with E-state index >= 15 is 0 Å². The van der Waals surface area contributed by atoms with Gasteiger partial charge in [0, 0.05) is 12.2 Å². The van der Waals surface area contributed by atoms with Crippen LogP contribution in [0.1, 0.15) is 18.4 Å². The van der Waals surface area contributed by atoms with E-state index in [0.29, 0.717) is 18.7 Å². The Balaban J connectivity index is 1.66. The fraction of sp³-hybridized carbons (Fsp3) is 0.500. The topological polar surface area (TPSA) is 55.6 Å². The molecule has 98 valence electrons. The molecule has 0 bridgehead atoms. The Morgan fingerprint density at radius 1 is 1.22 bits per heavy atom. The lowest BCUT2D eigenvalue weighted by molar-refractivity contribution is -0.143. The minimum atomic E-state index is -0.168. The van der Waals surface area contributed by atoms with Gasteiger partial charge in [0.2, 0.25) is 0 Å². The van der Waals surface area contributed by atoms with Crippen molar-refractivity contribution >= 4 is 11.7 Å². The van der Waals surface area contributed by atoms with E-state index in [4.69, 9.17) is 10.5 Å². The molecule has 1 heterocycles. The van der Waals surface area contributed by atoms with Crippen LogP contribution in [0.4, 0.5) is 5.69 Å². The molecule has 1 saturated heterocycles. The minimum Gasteiger partial charge on any atom is -0.464 e. The van der Waals surface area contributed by atoms with Gasteiger partial charge in [0.15, 0.2) is 0 Å². The molecule has 0 aromatic heterocycles. The Bertz CT molecular complexity index is 383. The molecule has 0 amide bonds. The van der Waals surface area contributed by atoms with Crippen molar-refractivity contribution in [1.82, 2.24) is 4.90 Å². The van der Waals surface area contributed by atoms with Crippen molar-refractivity contribution < 1.29 is 9.53 Å². The summed E-state index contributed by atoms with van der Waals surface area (Å²) in [4.78, 5) is 13.9. The largest absolute Gasteiger partial charge is 0.464 e. The third kappa shape index (κ3) is 4.04. The van der Waals surface area contributed by atoms with Crippen LogP contribution >= 0.6 is 0 Å². The number of likely N-dealkylation sites (tertiary alicyclic amines) is 1. The van der Waals surface area contributed by atoms with E-state index in [-0.39, 0.29) is 5.97 Å². The zero-order chi connectivity index (χ0) is 12.8. The average molecular weight is 248 g/mol. The number of esters is 1. The third-order valence-electron chi connectivity index (χ3n) is 3.20. The first-order valence-corrected chi connectivity index (χ1v) is 6.46. The second-order valence-corrected chi connectivity index (χ2v) is 4.69. The summed E-state index contributed by atoms with van der Waals surface area (Å²) in [6.45, 7) is 3.62. The minimum absolute atomic E-state index is 0.168. The first-order chi connectivity index (χ1) is 8.74. The van der Waals surface area contributed by atoms with Gasteiger partial charge in [0.05, 0.1) is 6.42 Å². The van der Waals surface area contributed by atoms with Gasteiger partial charge in [-0.1, -0.05) is 12.1 Å². The molecule has 4 heteroatoms. The lowest BCUT2D eigenvalue weighted by Gasteiger charge is -2.14. The summed E-state index contributed by atoms with van der Waals surface area (Å²) in [6.07, 6.45) is 2.85. The molecule has 1 aromatic rings. The van der Waals surface area contributed by atoms with Gasteiger partial charge in [-0.25, -0.2) is 0 Å². The summed E-state index contributed by atoms with van der Waals surface area (Å²) in [5.74, 6) is -0.168. The predicted octanol–water partition coefficient (Wildman–Crippen LogP) is 1.45. The van der Waals surface area contributed by atoms with Gasteiger partial charge in [0.1, 0.15) is 6.61 Å². The maximum atomic E-state index is 11.6. The Kier molecular flexibility index (Phi) is 4.59. The summed E-state index contributed by atoms with van der Waals surface area (Å²) in [6, 6.07) is 7.31. The zero-order valence-electron chi connectivity index (χ0n) is 10.6. The summed E-state index contributed by atoms with van der Waals surface area (Å²) < 4.78 is 5.23. The molecule has 1 aliphatic heterocycles. The lowest BCUT2D eigenvalue weighted by Crippen LogP contribution is -2.25. The molecule has 18 heavy (non-hydrogen) atoms. The van der Waals surface area contributed by atoms with Crippen molar-refractivity contribution in [2.45, 2.75) is 19.3 Å². The van der Waals surface area contributed by atoms with E-state index in [0.717, 1.165) is 25.2 Å². The highest BCUT2D eigenvalue weighted by Crippen LogP contribution is 2.08. The van der Waals surface area contributed by atoms with E-state index < -0.39 is 0 Å². The Labute approximate surface area is 108 Å². The summed E-state index contributed by atoms with van der Waals surface area (Å²) in [5, 5.41) is 0. The molecular weight excluding hydrogens is 228 g/mol. The van der Waals surface area contributed by atoms with E-state index in [2.05, 4.69) is 4.90 Å². The van der Waals surface area contributed by atoms with E-state index in [1.54, 1.807) is 12.1 Å². The van der Waals surface area contributed by atoms with Crippen LogP contribution in [0.3, 0.4) is 0 Å². The summed E-state index contributed by atoms with van der Waals surface area (Å²) in [5.41, 5.74) is 7.24. The second-order valence-electron chi connectivity index (χ2n) is 4.69. The molecule has 0 saturated carbocycles. The van der Waals surface area contributed by atoms with Gasteiger partial charge in [-0.3, -0.25) is 9.69 Å². The second kappa shape index (κ2) is 6.40. The van der Waals surface area contributed by atoms with Crippen LogP contribution in [0.25, 0.3) is 0 Å². The monoisotopic (exact) mass is 248 g/mol. The molecule has 2 rings (SSSR count). The number of benzene rings is 1. The van der Waals surface area contributed by atoms with Crippen LogP contribution in [0.2, 0.25) is 0 Å². The highest BCUT2D eigenvalue weighted by Gasteiger charge is 2.12. The number of nitrogens with zero attached hydrogens (tertiary/aromatic N) is 1. The number of carbonyl (C=O) groups is 1. The van der Waals surface area contributed by atoms with E-state index in [9.17, 15) is 4.79 Å². The molecule has 0 spiro atoms. The van der Waals surface area contributed by atoms with Crippen LogP contribution in [-0.2, 0) is 16.0 Å². The van der Waals surface area contributed by atoms with Crippen molar-refractivity contribution in [3.63, 3.8) is 0 Å². The van der Waals surface area contributed by atoms with Crippen molar-refractivity contribution in [3.8, 4) is 0 Å². The molecule has 0 radical (unpaired) electrons. The number of rotatable bonds is 5. The van der Waals surface area contributed by atoms with Crippen molar-refractivity contribution in [1.29, 1.82) is 0 Å². The van der Waals surface area contributed by atoms with Gasteiger partial charge < -0.3 is 10.5 Å². The van der Waals surface area contributed by atoms with Crippen LogP contribution in [0.15, 0.2) is 24.3 Å². The fourth-order valence-electron chi connectivity index (χ4n) is 2.15.